The van der Waals surface area contributed by atoms with Crippen LogP contribution in [0.2, 0.25) is 33.2 Å². The van der Waals surface area contributed by atoms with E-state index in [4.69, 9.17) is 0 Å². The summed E-state index contributed by atoms with van der Waals surface area (Å²) in [6, 6.07) is 28.2. The van der Waals surface area contributed by atoms with Crippen LogP contribution in [0.1, 0.15) is 211 Å². The second-order valence-corrected chi connectivity index (χ2v) is 38.5. The maximum Gasteiger partial charge on any atom is 0.146 e. The summed E-state index contributed by atoms with van der Waals surface area (Å²) in [4.78, 5) is 0. The highest BCUT2D eigenvalue weighted by Crippen LogP contribution is 2.44. The average molecular weight is 988 g/mol. The molecule has 0 atom stereocenters. The van der Waals surface area contributed by atoms with Gasteiger partial charge in [0.2, 0.25) is 0 Å². The maximum absolute atomic E-state index is 4.14. The maximum atomic E-state index is 4.14. The molecule has 0 aromatic heterocycles. The Labute approximate surface area is 441 Å². The second kappa shape index (κ2) is 20.4. The van der Waals surface area contributed by atoms with Crippen LogP contribution in [-0.4, -0.2) is 16.1 Å². The highest BCUT2D eigenvalue weighted by atomic mass is 28.3. The SMILES string of the molecule is CC(C)[Si](C#Cc1c2ccc(C(C)(C)C)cc2c(C#CC#Cc2c3ccc(C(C)(C)C)cc3c(C#C[Si](C(C)C)(C(C)C)C(C)C)c3ccc(C(C)(C)C)cc23)c2ccc(C(C)(C)C)cc12)(C(C)C)C(C)C. The molecule has 0 nitrogen and oxygen atoms in total. The first-order valence-electron chi connectivity index (χ1n) is 27.4. The zero-order valence-electron chi connectivity index (χ0n) is 49.4. The first kappa shape index (κ1) is 56.3. The van der Waals surface area contributed by atoms with Gasteiger partial charge in [-0.1, -0.05) is 238 Å². The third-order valence-corrected chi connectivity index (χ3v) is 29.3. The Hall–Kier alpha value is -4.97. The van der Waals surface area contributed by atoms with Crippen molar-refractivity contribution in [2.24, 2.45) is 0 Å². The largest absolute Gasteiger partial charge is 0.146 e. The Morgan fingerprint density at radius 3 is 0.653 bits per heavy atom. The summed E-state index contributed by atoms with van der Waals surface area (Å²) < 4.78 is 0. The van der Waals surface area contributed by atoms with Gasteiger partial charge in [-0.2, -0.15) is 0 Å². The molecule has 0 heterocycles. The van der Waals surface area contributed by atoms with E-state index in [0.29, 0.717) is 33.2 Å². The minimum atomic E-state index is -2.06. The molecule has 0 aliphatic heterocycles. The molecule has 378 valence electrons. The number of hydrogen-bond donors (Lipinski definition) is 0. The molecular formula is C70H90Si2. The molecule has 0 fully saturated rings. The van der Waals surface area contributed by atoms with E-state index in [1.807, 2.05) is 0 Å². The van der Waals surface area contributed by atoms with Crippen LogP contribution >= 0.6 is 0 Å². The summed E-state index contributed by atoms with van der Waals surface area (Å²) in [5, 5.41) is 9.27. The Bertz CT molecular complexity index is 3040. The molecule has 2 heteroatoms. The van der Waals surface area contributed by atoms with Crippen LogP contribution in [0.4, 0.5) is 0 Å². The van der Waals surface area contributed by atoms with Crippen LogP contribution in [-0.2, 0) is 21.7 Å². The molecule has 0 unspecified atom stereocenters. The van der Waals surface area contributed by atoms with Crippen molar-refractivity contribution >= 4 is 59.2 Å². The van der Waals surface area contributed by atoms with Gasteiger partial charge in [0.05, 0.1) is 0 Å². The number of fused-ring (bicyclic) bond motifs is 4. The third kappa shape index (κ3) is 10.7. The number of benzene rings is 6. The van der Waals surface area contributed by atoms with Gasteiger partial charge in [0.25, 0.3) is 0 Å². The van der Waals surface area contributed by atoms with Crippen molar-refractivity contribution in [2.45, 2.75) is 221 Å². The Balaban J connectivity index is 1.76. The van der Waals surface area contributed by atoms with E-state index >= 15 is 0 Å². The summed E-state index contributed by atoms with van der Waals surface area (Å²) in [6.07, 6.45) is 0. The molecule has 0 spiro atoms. The summed E-state index contributed by atoms with van der Waals surface area (Å²) in [6.45, 7) is 56.5. The lowest BCUT2D eigenvalue weighted by Gasteiger charge is -2.38. The van der Waals surface area contributed by atoms with Gasteiger partial charge in [0.1, 0.15) is 16.1 Å². The normalized spacial score (nSPS) is 13.0. The summed E-state index contributed by atoms with van der Waals surface area (Å²) in [5.41, 5.74) is 20.7. The smallest absolute Gasteiger partial charge is 0.125 e. The van der Waals surface area contributed by atoms with Crippen LogP contribution < -0.4 is 0 Å². The molecule has 0 aliphatic rings. The average Bonchev–Trinajstić information content (AvgIpc) is 3.26. The fourth-order valence-electron chi connectivity index (χ4n) is 12.3. The lowest BCUT2D eigenvalue weighted by atomic mass is 9.81. The zero-order chi connectivity index (χ0) is 53.8. The Morgan fingerprint density at radius 2 is 0.472 bits per heavy atom. The molecule has 0 saturated carbocycles. The van der Waals surface area contributed by atoms with Gasteiger partial charge in [-0.25, -0.2) is 0 Å². The molecule has 6 rings (SSSR count). The van der Waals surface area contributed by atoms with E-state index in [-0.39, 0.29) is 21.7 Å². The van der Waals surface area contributed by atoms with Crippen LogP contribution in [0.15, 0.2) is 72.8 Å². The minimum absolute atomic E-state index is 0.0386. The fraction of sp³-hybridized carbons (Fsp3) is 0.486. The van der Waals surface area contributed by atoms with Gasteiger partial charge < -0.3 is 0 Å². The fourth-order valence-corrected chi connectivity index (χ4v) is 22.7. The minimum Gasteiger partial charge on any atom is -0.125 e. The monoisotopic (exact) mass is 987 g/mol. The van der Waals surface area contributed by atoms with Crippen molar-refractivity contribution in [1.82, 2.24) is 0 Å². The van der Waals surface area contributed by atoms with E-state index in [2.05, 4.69) is 286 Å². The summed E-state index contributed by atoms with van der Waals surface area (Å²) in [7, 11) is -4.12. The van der Waals surface area contributed by atoms with E-state index < -0.39 is 16.1 Å². The van der Waals surface area contributed by atoms with Crippen molar-refractivity contribution in [1.29, 1.82) is 0 Å². The van der Waals surface area contributed by atoms with Gasteiger partial charge in [0.15, 0.2) is 0 Å². The highest BCUT2D eigenvalue weighted by molar-refractivity contribution is 6.91. The van der Waals surface area contributed by atoms with Crippen molar-refractivity contribution in [2.75, 3.05) is 0 Å². The van der Waals surface area contributed by atoms with Crippen molar-refractivity contribution in [3.05, 3.63) is 117 Å². The second-order valence-electron chi connectivity index (χ2n) is 27.3. The lowest BCUT2D eigenvalue weighted by molar-refractivity contribution is 0.590. The van der Waals surface area contributed by atoms with Crippen molar-refractivity contribution in [3.63, 3.8) is 0 Å². The molecule has 0 aliphatic carbocycles. The van der Waals surface area contributed by atoms with Crippen LogP contribution in [0.3, 0.4) is 0 Å². The first-order valence-corrected chi connectivity index (χ1v) is 31.8. The first-order chi connectivity index (χ1) is 33.2. The highest BCUT2D eigenvalue weighted by Gasteiger charge is 2.43. The van der Waals surface area contributed by atoms with Crippen LogP contribution in [0, 0.1) is 46.6 Å². The molecule has 0 bridgehead atoms. The number of rotatable bonds is 6. The van der Waals surface area contributed by atoms with Gasteiger partial charge in [-0.3, -0.25) is 0 Å². The van der Waals surface area contributed by atoms with E-state index in [9.17, 15) is 0 Å². The van der Waals surface area contributed by atoms with Gasteiger partial charge in [0, 0.05) is 22.3 Å². The molecule has 0 saturated heterocycles. The van der Waals surface area contributed by atoms with Crippen molar-refractivity contribution in [3.8, 4) is 46.6 Å². The van der Waals surface area contributed by atoms with Gasteiger partial charge >= 0.3 is 0 Å². The number of hydrogen-bond acceptors (Lipinski definition) is 0. The quantitative estimate of drug-likeness (QED) is 0.0886. The molecule has 0 N–H and O–H groups in total. The zero-order valence-corrected chi connectivity index (χ0v) is 51.4. The molecule has 6 aromatic carbocycles. The van der Waals surface area contributed by atoms with E-state index in [1.54, 1.807) is 0 Å². The molecule has 6 aromatic rings. The van der Waals surface area contributed by atoms with Crippen molar-refractivity contribution < 1.29 is 0 Å². The van der Waals surface area contributed by atoms with E-state index in [0.717, 1.165) is 43.8 Å². The lowest BCUT2D eigenvalue weighted by Crippen LogP contribution is -2.43. The predicted molar refractivity (Wildman–Crippen MR) is 327 cm³/mol. The van der Waals surface area contributed by atoms with Crippen LogP contribution in [0.25, 0.3) is 43.1 Å². The van der Waals surface area contributed by atoms with Gasteiger partial charge in [-0.05, 0) is 156 Å². The standard InChI is InChI=1S/C70H90Si2/c1-45(2)71(46(3)4,47(5)6)39-37-61-59-35-31-51(67(13,14)15)41-63(59)55(57-33-29-53(43-65(57)61)69(19,20)21)27-25-26-28-56-58-34-30-54(70(22,23)24)44-66(58)62(38-40-72(48(7)8,49(9)10)50(11)12)60-36-32-52(42-64(56)60)68(16,17)18/h29-36,41-50H,1-24H3. The van der Waals surface area contributed by atoms with E-state index in [1.165, 1.54) is 43.8 Å². The Morgan fingerprint density at radius 1 is 0.278 bits per heavy atom. The van der Waals surface area contributed by atoms with Crippen LogP contribution in [0.5, 0.6) is 0 Å². The van der Waals surface area contributed by atoms with Gasteiger partial charge in [-0.15, -0.1) is 11.1 Å². The Kier molecular flexibility index (Phi) is 16.0. The third-order valence-electron chi connectivity index (χ3n) is 16.7. The topological polar surface area (TPSA) is 0 Å². The predicted octanol–water partition coefficient (Wildman–Crippen LogP) is 20.0. The molecule has 72 heavy (non-hydrogen) atoms. The molecular weight excluding hydrogens is 897 g/mol. The summed E-state index contributed by atoms with van der Waals surface area (Å²) in [5.74, 6) is 22.5. The molecule has 0 radical (unpaired) electrons. The summed E-state index contributed by atoms with van der Waals surface area (Å²) >= 11 is 0. The molecule has 0 amide bonds.